The molecular formula is C17H37NO2. The highest BCUT2D eigenvalue weighted by Crippen LogP contribution is 2.39. The summed E-state index contributed by atoms with van der Waals surface area (Å²) < 4.78 is 5.42. The summed E-state index contributed by atoms with van der Waals surface area (Å²) >= 11 is 0. The minimum absolute atomic E-state index is 0.0478. The van der Waals surface area contributed by atoms with Crippen LogP contribution < -0.4 is 0 Å². The monoisotopic (exact) mass is 287 g/mol. The van der Waals surface area contributed by atoms with Crippen molar-refractivity contribution < 1.29 is 9.53 Å². The van der Waals surface area contributed by atoms with Crippen molar-refractivity contribution in [2.24, 2.45) is 10.8 Å². The molecule has 0 radical (unpaired) electrons. The topological polar surface area (TPSA) is 29.5 Å². The van der Waals surface area contributed by atoms with E-state index in [1.54, 1.807) is 0 Å². The fraction of sp³-hybridized carbons (Fsp3) is 0.941. The van der Waals surface area contributed by atoms with E-state index in [1.807, 2.05) is 39.8 Å². The van der Waals surface area contributed by atoms with Crippen LogP contribution >= 0.6 is 0 Å². The normalized spacial score (nSPS) is 14.3. The molecule has 0 aromatic carbocycles. The summed E-state index contributed by atoms with van der Waals surface area (Å²) in [5, 5.41) is 0. The van der Waals surface area contributed by atoms with E-state index in [0.29, 0.717) is 6.61 Å². The molecule has 20 heavy (non-hydrogen) atoms. The third-order valence-corrected chi connectivity index (χ3v) is 3.87. The van der Waals surface area contributed by atoms with Gasteiger partial charge in [-0.1, -0.05) is 48.0 Å². The number of rotatable bonds is 8. The van der Waals surface area contributed by atoms with Gasteiger partial charge in [-0.15, -0.1) is 0 Å². The SMILES string of the molecule is CC.CCC(C)(C)CC(C)(CC)C(=O)OCCN(C)C. The van der Waals surface area contributed by atoms with Crippen LogP contribution in [-0.4, -0.2) is 38.1 Å². The van der Waals surface area contributed by atoms with Crippen LogP contribution in [-0.2, 0) is 9.53 Å². The lowest BCUT2D eigenvalue weighted by Crippen LogP contribution is -2.35. The van der Waals surface area contributed by atoms with E-state index in [1.165, 1.54) is 0 Å². The number of hydrogen-bond donors (Lipinski definition) is 0. The lowest BCUT2D eigenvalue weighted by atomic mass is 9.71. The number of nitrogens with zero attached hydrogens (tertiary/aromatic N) is 1. The molecular weight excluding hydrogens is 250 g/mol. The second-order valence-electron chi connectivity index (χ2n) is 6.55. The highest BCUT2D eigenvalue weighted by molar-refractivity contribution is 5.76. The van der Waals surface area contributed by atoms with Crippen molar-refractivity contribution in [3.05, 3.63) is 0 Å². The lowest BCUT2D eigenvalue weighted by Gasteiger charge is -2.34. The van der Waals surface area contributed by atoms with Gasteiger partial charge >= 0.3 is 5.97 Å². The maximum atomic E-state index is 12.2. The largest absolute Gasteiger partial charge is 0.464 e. The predicted molar refractivity (Wildman–Crippen MR) is 87.9 cm³/mol. The van der Waals surface area contributed by atoms with Gasteiger partial charge in [-0.05, 0) is 39.3 Å². The molecule has 0 aliphatic carbocycles. The van der Waals surface area contributed by atoms with E-state index in [9.17, 15) is 4.79 Å². The van der Waals surface area contributed by atoms with Crippen molar-refractivity contribution in [2.45, 2.75) is 67.7 Å². The van der Waals surface area contributed by atoms with E-state index in [2.05, 4.69) is 27.7 Å². The van der Waals surface area contributed by atoms with Gasteiger partial charge in [-0.3, -0.25) is 4.79 Å². The first kappa shape index (κ1) is 21.7. The van der Waals surface area contributed by atoms with Gasteiger partial charge in [-0.25, -0.2) is 0 Å². The van der Waals surface area contributed by atoms with Gasteiger partial charge in [0.2, 0.25) is 0 Å². The molecule has 0 aromatic rings. The van der Waals surface area contributed by atoms with Crippen LogP contribution in [0.4, 0.5) is 0 Å². The summed E-state index contributed by atoms with van der Waals surface area (Å²) in [5.41, 5.74) is -0.169. The summed E-state index contributed by atoms with van der Waals surface area (Å²) in [5.74, 6) is -0.0478. The average molecular weight is 287 g/mol. The summed E-state index contributed by atoms with van der Waals surface area (Å²) in [6.07, 6.45) is 2.79. The van der Waals surface area contributed by atoms with E-state index < -0.39 is 0 Å². The van der Waals surface area contributed by atoms with Crippen LogP contribution in [0.5, 0.6) is 0 Å². The average Bonchev–Trinajstić information content (AvgIpc) is 2.39. The summed E-state index contributed by atoms with van der Waals surface area (Å²) in [7, 11) is 3.96. The Bertz CT molecular complexity index is 262. The molecule has 0 fully saturated rings. The second kappa shape index (κ2) is 10.2. The fourth-order valence-corrected chi connectivity index (χ4v) is 2.02. The van der Waals surface area contributed by atoms with Crippen LogP contribution in [0.3, 0.4) is 0 Å². The predicted octanol–water partition coefficient (Wildman–Crippen LogP) is 4.36. The van der Waals surface area contributed by atoms with Crippen molar-refractivity contribution in [2.75, 3.05) is 27.2 Å². The number of ether oxygens (including phenoxy) is 1. The van der Waals surface area contributed by atoms with Crippen molar-refractivity contribution in [3.8, 4) is 0 Å². The van der Waals surface area contributed by atoms with E-state index >= 15 is 0 Å². The Morgan fingerprint density at radius 3 is 1.90 bits per heavy atom. The number of esters is 1. The molecule has 122 valence electrons. The molecule has 3 nitrogen and oxygen atoms in total. The number of likely N-dealkylation sites (N-methyl/N-ethyl adjacent to an activating group) is 1. The van der Waals surface area contributed by atoms with E-state index in [-0.39, 0.29) is 16.8 Å². The molecule has 3 heteroatoms. The van der Waals surface area contributed by atoms with Gasteiger partial charge in [0.05, 0.1) is 5.41 Å². The van der Waals surface area contributed by atoms with Gasteiger partial charge in [0.25, 0.3) is 0 Å². The first-order valence-electron chi connectivity index (χ1n) is 7.99. The molecule has 0 saturated heterocycles. The molecule has 0 aliphatic heterocycles. The molecule has 0 rings (SSSR count). The maximum Gasteiger partial charge on any atom is 0.311 e. The highest BCUT2D eigenvalue weighted by atomic mass is 16.5. The molecule has 1 atom stereocenters. The van der Waals surface area contributed by atoms with Crippen LogP contribution in [0, 0.1) is 10.8 Å². The quantitative estimate of drug-likeness (QED) is 0.621. The third-order valence-electron chi connectivity index (χ3n) is 3.87. The van der Waals surface area contributed by atoms with Crippen molar-refractivity contribution in [1.29, 1.82) is 0 Å². The molecule has 0 N–H and O–H groups in total. The Hall–Kier alpha value is -0.570. The number of carbonyl (C=O) groups is 1. The zero-order valence-electron chi connectivity index (χ0n) is 15.3. The first-order valence-corrected chi connectivity index (χ1v) is 7.99. The van der Waals surface area contributed by atoms with Crippen LogP contribution in [0.25, 0.3) is 0 Å². The van der Waals surface area contributed by atoms with Crippen LogP contribution in [0.15, 0.2) is 0 Å². The number of carbonyl (C=O) groups excluding carboxylic acids is 1. The highest BCUT2D eigenvalue weighted by Gasteiger charge is 2.37. The number of hydrogen-bond acceptors (Lipinski definition) is 3. The molecule has 0 spiro atoms. The first-order chi connectivity index (χ1) is 9.17. The standard InChI is InChI=1S/C15H31NO2.C2H6/c1-8-14(3,4)12-15(5,9-2)13(17)18-11-10-16(6)7;1-2/h8-12H2,1-7H3;1-2H3. The third kappa shape index (κ3) is 8.57. The van der Waals surface area contributed by atoms with Gasteiger partial charge < -0.3 is 9.64 Å². The molecule has 0 aliphatic rings. The Morgan fingerprint density at radius 2 is 1.55 bits per heavy atom. The summed E-state index contributed by atoms with van der Waals surface area (Å²) in [6.45, 7) is 16.0. The Kier molecular flexibility index (Phi) is 11.1. The van der Waals surface area contributed by atoms with Gasteiger partial charge in [0.15, 0.2) is 0 Å². The summed E-state index contributed by atoms with van der Waals surface area (Å²) in [4.78, 5) is 14.3. The summed E-state index contributed by atoms with van der Waals surface area (Å²) in [6, 6.07) is 0. The maximum absolute atomic E-state index is 12.2. The Labute approximate surface area is 127 Å². The zero-order chi connectivity index (χ0) is 16.4. The molecule has 0 heterocycles. The lowest BCUT2D eigenvalue weighted by molar-refractivity contribution is -0.157. The van der Waals surface area contributed by atoms with E-state index in [0.717, 1.165) is 25.8 Å². The van der Waals surface area contributed by atoms with Crippen LogP contribution in [0.1, 0.15) is 67.7 Å². The fourth-order valence-electron chi connectivity index (χ4n) is 2.02. The zero-order valence-corrected chi connectivity index (χ0v) is 15.3. The van der Waals surface area contributed by atoms with Gasteiger partial charge in [0, 0.05) is 6.54 Å². The van der Waals surface area contributed by atoms with Gasteiger partial charge in [-0.2, -0.15) is 0 Å². The van der Waals surface area contributed by atoms with Crippen LogP contribution in [0.2, 0.25) is 0 Å². The molecule has 0 amide bonds. The minimum Gasteiger partial charge on any atom is -0.464 e. The van der Waals surface area contributed by atoms with Crippen molar-refractivity contribution >= 4 is 5.97 Å². The van der Waals surface area contributed by atoms with E-state index in [4.69, 9.17) is 4.74 Å². The second-order valence-corrected chi connectivity index (χ2v) is 6.55. The smallest absolute Gasteiger partial charge is 0.311 e. The molecule has 1 unspecified atom stereocenters. The van der Waals surface area contributed by atoms with Crippen molar-refractivity contribution in [3.63, 3.8) is 0 Å². The van der Waals surface area contributed by atoms with Crippen molar-refractivity contribution in [1.82, 2.24) is 4.90 Å². The Morgan fingerprint density at radius 1 is 1.05 bits per heavy atom. The molecule has 0 bridgehead atoms. The molecule has 0 aromatic heterocycles. The van der Waals surface area contributed by atoms with Gasteiger partial charge in [0.1, 0.15) is 6.61 Å². The Balaban J connectivity index is 0. The molecule has 0 saturated carbocycles. The minimum atomic E-state index is -0.355.